The van der Waals surface area contributed by atoms with Gasteiger partial charge in [0.1, 0.15) is 5.54 Å². The number of halogens is 1. The van der Waals surface area contributed by atoms with Gasteiger partial charge in [-0.25, -0.2) is 0 Å². The maximum atomic E-state index is 12.6. The summed E-state index contributed by atoms with van der Waals surface area (Å²) >= 11 is 3.43. The molecule has 0 radical (unpaired) electrons. The minimum atomic E-state index is -0.792. The van der Waals surface area contributed by atoms with Crippen LogP contribution in [0.3, 0.4) is 0 Å². The molecule has 1 N–H and O–H groups in total. The first-order valence-electron chi connectivity index (χ1n) is 6.79. The van der Waals surface area contributed by atoms with Gasteiger partial charge in [-0.3, -0.25) is 9.59 Å². The highest BCUT2D eigenvalue weighted by atomic mass is 79.9. The van der Waals surface area contributed by atoms with E-state index in [9.17, 15) is 9.59 Å². The van der Waals surface area contributed by atoms with Crippen LogP contribution in [-0.2, 0) is 16.1 Å². The third-order valence-electron chi connectivity index (χ3n) is 3.75. The Labute approximate surface area is 127 Å². The van der Waals surface area contributed by atoms with Crippen LogP contribution in [0.2, 0.25) is 0 Å². The first-order valence-corrected chi connectivity index (χ1v) is 7.59. The molecule has 1 aliphatic heterocycles. The van der Waals surface area contributed by atoms with E-state index in [-0.39, 0.29) is 11.8 Å². The average Bonchev–Trinajstić information content (AvgIpc) is 2.51. The number of carbonyl (C=O) groups is 2. The van der Waals surface area contributed by atoms with Crippen molar-refractivity contribution in [3.8, 4) is 0 Å². The van der Waals surface area contributed by atoms with E-state index < -0.39 is 5.54 Å². The minimum absolute atomic E-state index is 0.00849. The monoisotopic (exact) mass is 338 g/mol. The van der Waals surface area contributed by atoms with Gasteiger partial charge in [0.2, 0.25) is 11.8 Å². The maximum Gasteiger partial charge on any atom is 0.248 e. The third kappa shape index (κ3) is 3.20. The fourth-order valence-corrected chi connectivity index (χ4v) is 2.80. The van der Waals surface area contributed by atoms with E-state index in [2.05, 4.69) is 21.2 Å². The summed E-state index contributed by atoms with van der Waals surface area (Å²) in [6.07, 6.45) is 0.946. The second kappa shape index (κ2) is 5.95. The Morgan fingerprint density at radius 3 is 2.80 bits per heavy atom. The molecule has 1 aromatic rings. The lowest BCUT2D eigenvalue weighted by atomic mass is 9.97. The summed E-state index contributed by atoms with van der Waals surface area (Å²) in [4.78, 5) is 26.2. The molecule has 2 amide bonds. The number of hydrogen-bond acceptors (Lipinski definition) is 2. The van der Waals surface area contributed by atoms with Crippen molar-refractivity contribution in [3.63, 3.8) is 0 Å². The smallest absolute Gasteiger partial charge is 0.248 e. The Hall–Kier alpha value is -1.36. The van der Waals surface area contributed by atoms with Crippen LogP contribution in [0.25, 0.3) is 0 Å². The van der Waals surface area contributed by atoms with E-state index in [0.717, 1.165) is 10.0 Å². The largest absolute Gasteiger partial charge is 0.342 e. The van der Waals surface area contributed by atoms with Gasteiger partial charge in [-0.1, -0.05) is 35.0 Å². The van der Waals surface area contributed by atoms with Crippen molar-refractivity contribution in [2.75, 3.05) is 6.54 Å². The molecule has 1 saturated heterocycles. The predicted octanol–water partition coefficient (Wildman–Crippen LogP) is 2.47. The van der Waals surface area contributed by atoms with E-state index in [1.807, 2.05) is 31.2 Å². The van der Waals surface area contributed by atoms with Crippen LogP contribution in [0.5, 0.6) is 0 Å². The van der Waals surface area contributed by atoms with Crippen molar-refractivity contribution in [3.05, 3.63) is 34.3 Å². The molecule has 0 bridgehead atoms. The first-order chi connectivity index (χ1) is 9.44. The zero-order valence-corrected chi connectivity index (χ0v) is 13.4. The first kappa shape index (κ1) is 15.0. The van der Waals surface area contributed by atoms with Crippen molar-refractivity contribution >= 4 is 27.7 Å². The van der Waals surface area contributed by atoms with Crippen LogP contribution in [0.1, 0.15) is 32.3 Å². The summed E-state index contributed by atoms with van der Waals surface area (Å²) in [7, 11) is 0. The summed E-state index contributed by atoms with van der Waals surface area (Å²) in [5.41, 5.74) is 0.264. The fraction of sp³-hybridized carbons (Fsp3) is 0.467. The lowest BCUT2D eigenvalue weighted by Gasteiger charge is -2.31. The van der Waals surface area contributed by atoms with Gasteiger partial charge in [-0.15, -0.1) is 0 Å². The van der Waals surface area contributed by atoms with Gasteiger partial charge >= 0.3 is 0 Å². The number of rotatable bonds is 3. The molecule has 20 heavy (non-hydrogen) atoms. The van der Waals surface area contributed by atoms with Crippen LogP contribution < -0.4 is 5.32 Å². The molecular weight excluding hydrogens is 320 g/mol. The van der Waals surface area contributed by atoms with Crippen molar-refractivity contribution < 1.29 is 9.59 Å². The fourth-order valence-electron chi connectivity index (χ4n) is 2.36. The Bertz CT molecular complexity index is 532. The molecule has 2 rings (SSSR count). The van der Waals surface area contributed by atoms with Crippen molar-refractivity contribution in [2.24, 2.45) is 0 Å². The summed E-state index contributed by atoms with van der Waals surface area (Å²) in [5.74, 6) is -0.0646. The van der Waals surface area contributed by atoms with E-state index in [1.54, 1.807) is 11.8 Å². The van der Waals surface area contributed by atoms with E-state index in [4.69, 9.17) is 0 Å². The standard InChI is InChI=1S/C15H19BrN2O2/c1-3-15(2)14(20)18(8-7-13(19)17-15)10-11-5-4-6-12(16)9-11/h4-6,9H,3,7-8,10H2,1-2H3,(H,17,19). The molecule has 0 spiro atoms. The second-order valence-electron chi connectivity index (χ2n) is 5.34. The molecule has 1 aromatic carbocycles. The zero-order chi connectivity index (χ0) is 14.8. The number of amides is 2. The van der Waals surface area contributed by atoms with E-state index >= 15 is 0 Å². The Morgan fingerprint density at radius 1 is 1.40 bits per heavy atom. The molecule has 1 atom stereocenters. The number of benzene rings is 1. The van der Waals surface area contributed by atoms with Crippen LogP contribution in [-0.4, -0.2) is 28.8 Å². The van der Waals surface area contributed by atoms with Gasteiger partial charge in [0.15, 0.2) is 0 Å². The molecule has 4 nitrogen and oxygen atoms in total. The number of nitrogens with zero attached hydrogens (tertiary/aromatic N) is 1. The quantitative estimate of drug-likeness (QED) is 0.920. The SMILES string of the molecule is CCC1(C)NC(=O)CCN(Cc2cccc(Br)c2)C1=O. The van der Waals surface area contributed by atoms with Gasteiger partial charge < -0.3 is 10.2 Å². The minimum Gasteiger partial charge on any atom is -0.342 e. The normalized spacial score (nSPS) is 23.4. The summed E-state index contributed by atoms with van der Waals surface area (Å²) < 4.78 is 0.990. The Kier molecular flexibility index (Phi) is 4.48. The predicted molar refractivity (Wildman–Crippen MR) is 81.0 cm³/mol. The molecule has 0 aliphatic carbocycles. The van der Waals surface area contributed by atoms with E-state index in [0.29, 0.717) is 25.9 Å². The molecule has 1 fully saturated rings. The van der Waals surface area contributed by atoms with Crippen LogP contribution in [0.15, 0.2) is 28.7 Å². The third-order valence-corrected chi connectivity index (χ3v) is 4.25. The number of carbonyl (C=O) groups excluding carboxylic acids is 2. The second-order valence-corrected chi connectivity index (χ2v) is 6.26. The molecule has 5 heteroatoms. The lowest BCUT2D eigenvalue weighted by molar-refractivity contribution is -0.138. The zero-order valence-electron chi connectivity index (χ0n) is 11.8. The molecular formula is C15H19BrN2O2. The van der Waals surface area contributed by atoms with Gasteiger partial charge in [-0.05, 0) is 31.0 Å². The van der Waals surface area contributed by atoms with Crippen molar-refractivity contribution in [1.29, 1.82) is 0 Å². The highest BCUT2D eigenvalue weighted by Crippen LogP contribution is 2.20. The summed E-state index contributed by atoms with van der Waals surface area (Å²) in [6, 6.07) is 7.89. The van der Waals surface area contributed by atoms with Crippen LogP contribution >= 0.6 is 15.9 Å². The number of hydrogen-bond donors (Lipinski definition) is 1. The summed E-state index contributed by atoms with van der Waals surface area (Å²) in [6.45, 7) is 4.71. The van der Waals surface area contributed by atoms with Gasteiger partial charge in [0.05, 0.1) is 0 Å². The average molecular weight is 339 g/mol. The van der Waals surface area contributed by atoms with Gasteiger partial charge in [-0.2, -0.15) is 0 Å². The van der Waals surface area contributed by atoms with Crippen molar-refractivity contribution in [1.82, 2.24) is 10.2 Å². The molecule has 1 aliphatic rings. The molecule has 1 heterocycles. The van der Waals surface area contributed by atoms with Gasteiger partial charge in [0, 0.05) is 24.0 Å². The van der Waals surface area contributed by atoms with Gasteiger partial charge in [0.25, 0.3) is 0 Å². The van der Waals surface area contributed by atoms with Crippen LogP contribution in [0, 0.1) is 0 Å². The lowest BCUT2D eigenvalue weighted by Crippen LogP contribution is -2.54. The number of nitrogens with one attached hydrogen (secondary N) is 1. The molecule has 1 unspecified atom stereocenters. The topological polar surface area (TPSA) is 49.4 Å². The van der Waals surface area contributed by atoms with Crippen LogP contribution in [0.4, 0.5) is 0 Å². The molecule has 108 valence electrons. The highest BCUT2D eigenvalue weighted by Gasteiger charge is 2.38. The Balaban J connectivity index is 2.22. The Morgan fingerprint density at radius 2 is 2.15 bits per heavy atom. The molecule has 0 aromatic heterocycles. The highest BCUT2D eigenvalue weighted by molar-refractivity contribution is 9.10. The summed E-state index contributed by atoms with van der Waals surface area (Å²) in [5, 5.41) is 2.84. The van der Waals surface area contributed by atoms with Crippen molar-refractivity contribution in [2.45, 2.75) is 38.8 Å². The molecule has 0 saturated carbocycles. The maximum absolute atomic E-state index is 12.6. The van der Waals surface area contributed by atoms with E-state index in [1.165, 1.54) is 0 Å².